The average Bonchev–Trinajstić information content (AvgIpc) is 3.51. The third-order valence-corrected chi connectivity index (χ3v) is 6.57. The Balaban J connectivity index is 1.33. The minimum Gasteiger partial charge on any atom is -0.385 e. The second-order valence-corrected chi connectivity index (χ2v) is 8.42. The molecule has 4 unspecified atom stereocenters. The van der Waals surface area contributed by atoms with E-state index in [9.17, 15) is 9.59 Å². The number of aliphatic imine (C=N–C) groups is 1. The Labute approximate surface area is 182 Å². The van der Waals surface area contributed by atoms with E-state index in [1.54, 1.807) is 7.11 Å². The van der Waals surface area contributed by atoms with Gasteiger partial charge < -0.3 is 19.9 Å². The van der Waals surface area contributed by atoms with Crippen molar-refractivity contribution >= 4 is 17.8 Å². The van der Waals surface area contributed by atoms with Gasteiger partial charge in [0.1, 0.15) is 12.4 Å². The fourth-order valence-electron chi connectivity index (χ4n) is 4.81. The van der Waals surface area contributed by atoms with Crippen LogP contribution in [0.5, 0.6) is 0 Å². The number of nitrogens with zero attached hydrogens (tertiary/aromatic N) is 5. The molecule has 0 spiro atoms. The lowest BCUT2D eigenvalue weighted by molar-refractivity contribution is -0.140. The largest absolute Gasteiger partial charge is 0.385 e. The van der Waals surface area contributed by atoms with E-state index < -0.39 is 0 Å². The Hall–Kier alpha value is -2.75. The number of hydrogen-bond donors (Lipinski definition) is 2. The lowest BCUT2D eigenvalue weighted by Gasteiger charge is -2.19. The number of aromatic nitrogens is 3. The van der Waals surface area contributed by atoms with Crippen LogP contribution >= 0.6 is 0 Å². The first kappa shape index (κ1) is 21.5. The summed E-state index contributed by atoms with van der Waals surface area (Å²) in [5.74, 6) is 2.33. The smallest absolute Gasteiger partial charge is 0.233 e. The number of methoxy groups -OCH3 is 1. The Morgan fingerprint density at radius 2 is 1.84 bits per heavy atom. The Kier molecular flexibility index (Phi) is 6.35. The number of hydrogen-bond acceptors (Lipinski definition) is 6. The van der Waals surface area contributed by atoms with Gasteiger partial charge in [0.05, 0.1) is 11.8 Å². The summed E-state index contributed by atoms with van der Waals surface area (Å²) >= 11 is 0. The van der Waals surface area contributed by atoms with Crippen LogP contribution in [0.25, 0.3) is 0 Å². The summed E-state index contributed by atoms with van der Waals surface area (Å²) in [5.41, 5.74) is 0. The molecule has 3 aliphatic rings. The number of ether oxygens (including phenoxy) is 1. The van der Waals surface area contributed by atoms with Crippen LogP contribution in [-0.2, 0) is 27.9 Å². The molecule has 2 heterocycles. The van der Waals surface area contributed by atoms with Gasteiger partial charge in [0.25, 0.3) is 0 Å². The number of fused-ring (bicyclic) bond motifs is 5. The standard InChI is InChI=1S/C21H31N7O3/c1-13-25-26-16(27(13)2)12-24-21(22-7-4-10-31-3)23-8-9-28-19(29)17-14-5-6-15(11-14)18(17)20(28)30/h5-6,14-15,17-18H,4,7-12H2,1-3H3,(H2,22,23,24). The van der Waals surface area contributed by atoms with Gasteiger partial charge in [-0.3, -0.25) is 14.5 Å². The van der Waals surface area contributed by atoms with E-state index in [1.165, 1.54) is 4.90 Å². The van der Waals surface area contributed by atoms with Gasteiger partial charge in [0, 0.05) is 40.4 Å². The van der Waals surface area contributed by atoms with Gasteiger partial charge in [-0.1, -0.05) is 12.2 Å². The summed E-state index contributed by atoms with van der Waals surface area (Å²) < 4.78 is 6.99. The SMILES string of the molecule is COCCCNC(=NCc1nnc(C)n1C)NCCN1C(=O)C2C3C=CC(C3)C2C1=O. The molecule has 1 saturated heterocycles. The molecule has 0 radical (unpaired) electrons. The molecule has 2 N–H and O–H groups in total. The molecular weight excluding hydrogens is 398 g/mol. The number of guanidine groups is 1. The zero-order chi connectivity index (χ0) is 22.0. The summed E-state index contributed by atoms with van der Waals surface area (Å²) in [6.45, 7) is 4.39. The molecule has 2 aliphatic carbocycles. The van der Waals surface area contributed by atoms with E-state index in [0.29, 0.717) is 38.7 Å². The highest BCUT2D eigenvalue weighted by Crippen LogP contribution is 2.52. The van der Waals surface area contributed by atoms with Gasteiger partial charge in [-0.15, -0.1) is 10.2 Å². The van der Waals surface area contributed by atoms with Gasteiger partial charge in [-0.2, -0.15) is 0 Å². The molecule has 1 saturated carbocycles. The first-order valence-corrected chi connectivity index (χ1v) is 10.9. The van der Waals surface area contributed by atoms with E-state index in [4.69, 9.17) is 4.74 Å². The topological polar surface area (TPSA) is 114 Å². The van der Waals surface area contributed by atoms with Crippen LogP contribution in [0.3, 0.4) is 0 Å². The van der Waals surface area contributed by atoms with Crippen LogP contribution in [0.1, 0.15) is 24.5 Å². The highest BCUT2D eigenvalue weighted by atomic mass is 16.5. The number of imide groups is 1. The molecule has 10 heteroatoms. The Morgan fingerprint density at radius 1 is 1.16 bits per heavy atom. The van der Waals surface area contributed by atoms with Crippen molar-refractivity contribution < 1.29 is 14.3 Å². The summed E-state index contributed by atoms with van der Waals surface area (Å²) in [7, 11) is 3.58. The zero-order valence-electron chi connectivity index (χ0n) is 18.4. The number of carbonyl (C=O) groups is 2. The van der Waals surface area contributed by atoms with Crippen LogP contribution in [-0.4, -0.2) is 70.8 Å². The van der Waals surface area contributed by atoms with Crippen LogP contribution in [0.15, 0.2) is 17.1 Å². The van der Waals surface area contributed by atoms with Crippen LogP contribution in [0.2, 0.25) is 0 Å². The summed E-state index contributed by atoms with van der Waals surface area (Å²) in [4.78, 5) is 31.7. The van der Waals surface area contributed by atoms with E-state index in [0.717, 1.165) is 24.5 Å². The number of allylic oxidation sites excluding steroid dienone is 2. The summed E-state index contributed by atoms with van der Waals surface area (Å²) in [6, 6.07) is 0. The normalized spacial score (nSPS) is 26.8. The lowest BCUT2D eigenvalue weighted by atomic mass is 9.85. The average molecular weight is 430 g/mol. The maximum atomic E-state index is 12.8. The maximum absolute atomic E-state index is 12.8. The van der Waals surface area contributed by atoms with E-state index in [1.807, 2.05) is 18.5 Å². The molecule has 4 rings (SSSR count). The third-order valence-electron chi connectivity index (χ3n) is 6.57. The summed E-state index contributed by atoms with van der Waals surface area (Å²) in [6.07, 6.45) is 6.01. The molecule has 2 bridgehead atoms. The second-order valence-electron chi connectivity index (χ2n) is 8.42. The third kappa shape index (κ3) is 4.21. The molecule has 2 fully saturated rings. The molecule has 10 nitrogen and oxygen atoms in total. The lowest BCUT2D eigenvalue weighted by Crippen LogP contribution is -2.44. The number of aryl methyl sites for hydroxylation is 1. The van der Waals surface area contributed by atoms with Crippen molar-refractivity contribution in [1.82, 2.24) is 30.3 Å². The highest BCUT2D eigenvalue weighted by Gasteiger charge is 2.58. The van der Waals surface area contributed by atoms with Gasteiger partial charge >= 0.3 is 0 Å². The molecule has 168 valence electrons. The Bertz CT molecular complexity index is 864. The van der Waals surface area contributed by atoms with Crippen LogP contribution in [0, 0.1) is 30.6 Å². The minimum absolute atomic E-state index is 0.0187. The van der Waals surface area contributed by atoms with Crippen molar-refractivity contribution in [1.29, 1.82) is 0 Å². The van der Waals surface area contributed by atoms with Gasteiger partial charge in [0.15, 0.2) is 11.8 Å². The number of nitrogens with one attached hydrogen (secondary N) is 2. The van der Waals surface area contributed by atoms with Gasteiger partial charge in [-0.05, 0) is 31.6 Å². The van der Waals surface area contributed by atoms with E-state index in [-0.39, 0.29) is 35.5 Å². The molecule has 31 heavy (non-hydrogen) atoms. The van der Waals surface area contributed by atoms with E-state index >= 15 is 0 Å². The predicted octanol–water partition coefficient (Wildman–Crippen LogP) is 0.00232. The van der Waals surface area contributed by atoms with Crippen molar-refractivity contribution in [2.45, 2.75) is 26.3 Å². The number of rotatable bonds is 9. The first-order chi connectivity index (χ1) is 15.0. The molecule has 1 aliphatic heterocycles. The van der Waals surface area contributed by atoms with Crippen molar-refractivity contribution in [3.05, 3.63) is 23.8 Å². The van der Waals surface area contributed by atoms with Crippen molar-refractivity contribution in [3.8, 4) is 0 Å². The molecule has 0 aromatic carbocycles. The van der Waals surface area contributed by atoms with Crippen molar-refractivity contribution in [2.24, 2.45) is 35.7 Å². The first-order valence-electron chi connectivity index (χ1n) is 10.9. The second kappa shape index (κ2) is 9.17. The zero-order valence-corrected chi connectivity index (χ0v) is 18.4. The number of amides is 2. The maximum Gasteiger partial charge on any atom is 0.233 e. The van der Waals surface area contributed by atoms with Gasteiger partial charge in [0.2, 0.25) is 11.8 Å². The molecule has 1 aromatic heterocycles. The fraction of sp³-hybridized carbons (Fsp3) is 0.667. The summed E-state index contributed by atoms with van der Waals surface area (Å²) in [5, 5.41) is 14.7. The van der Waals surface area contributed by atoms with Crippen molar-refractivity contribution in [3.63, 3.8) is 0 Å². The molecule has 4 atom stereocenters. The molecule has 1 aromatic rings. The predicted molar refractivity (Wildman–Crippen MR) is 114 cm³/mol. The molecular formula is C21H31N7O3. The van der Waals surface area contributed by atoms with E-state index in [2.05, 4.69) is 38.0 Å². The Morgan fingerprint density at radius 3 is 2.45 bits per heavy atom. The van der Waals surface area contributed by atoms with Gasteiger partial charge in [-0.25, -0.2) is 4.99 Å². The van der Waals surface area contributed by atoms with Crippen LogP contribution in [0.4, 0.5) is 0 Å². The highest BCUT2D eigenvalue weighted by molar-refractivity contribution is 6.06. The quantitative estimate of drug-likeness (QED) is 0.187. The number of carbonyl (C=O) groups excluding carboxylic acids is 2. The fourth-order valence-corrected chi connectivity index (χ4v) is 4.81. The monoisotopic (exact) mass is 429 g/mol. The van der Waals surface area contributed by atoms with Crippen LogP contribution < -0.4 is 10.6 Å². The minimum atomic E-state index is -0.151. The number of likely N-dealkylation sites (tertiary alicyclic amines) is 1. The van der Waals surface area contributed by atoms with Crippen molar-refractivity contribution in [2.75, 3.05) is 33.4 Å². The molecule has 2 amide bonds.